The molecule has 2 N–H and O–H groups in total. The van der Waals surface area contributed by atoms with Crippen molar-refractivity contribution in [3.05, 3.63) is 24.3 Å². The fourth-order valence-corrected chi connectivity index (χ4v) is 3.03. The zero-order valence-corrected chi connectivity index (χ0v) is 12.6. The van der Waals surface area contributed by atoms with Gasteiger partial charge in [0.05, 0.1) is 0 Å². The molecule has 5 heteroatoms. The minimum Gasteiger partial charge on any atom is -0.399 e. The molecular formula is C14H22N2O2S. The molecule has 1 aromatic rings. The zero-order valence-electron chi connectivity index (χ0n) is 11.8. The van der Waals surface area contributed by atoms with Crippen LogP contribution in [-0.4, -0.2) is 28.7 Å². The van der Waals surface area contributed by atoms with E-state index < -0.39 is 10.8 Å². The van der Waals surface area contributed by atoms with E-state index in [2.05, 4.69) is 6.92 Å². The molecule has 1 aromatic carbocycles. The van der Waals surface area contributed by atoms with Crippen LogP contribution < -0.4 is 10.6 Å². The zero-order chi connectivity index (χ0) is 14.4. The molecule has 0 fully saturated rings. The van der Waals surface area contributed by atoms with Crippen molar-refractivity contribution in [1.29, 1.82) is 0 Å². The van der Waals surface area contributed by atoms with E-state index in [4.69, 9.17) is 5.73 Å². The van der Waals surface area contributed by atoms with Crippen molar-refractivity contribution in [2.45, 2.75) is 20.3 Å². The Morgan fingerprint density at radius 2 is 1.95 bits per heavy atom. The van der Waals surface area contributed by atoms with E-state index in [9.17, 15) is 9.00 Å². The van der Waals surface area contributed by atoms with Gasteiger partial charge in [-0.25, -0.2) is 0 Å². The first kappa shape index (κ1) is 15.7. The monoisotopic (exact) mass is 282 g/mol. The first-order chi connectivity index (χ1) is 8.93. The smallest absolute Gasteiger partial charge is 0.239 e. The van der Waals surface area contributed by atoms with E-state index in [1.54, 1.807) is 31.3 Å². The van der Waals surface area contributed by atoms with Crippen LogP contribution in [0.3, 0.4) is 0 Å². The average Bonchev–Trinajstić information content (AvgIpc) is 2.38. The lowest BCUT2D eigenvalue weighted by molar-refractivity contribution is -0.115. The predicted octanol–water partition coefficient (Wildman–Crippen LogP) is 2.03. The normalized spacial score (nSPS) is 13.8. The molecule has 0 saturated heterocycles. The molecule has 0 aliphatic carbocycles. The van der Waals surface area contributed by atoms with E-state index in [-0.39, 0.29) is 11.7 Å². The maximum atomic E-state index is 12.0. The summed E-state index contributed by atoms with van der Waals surface area (Å²) in [7, 11) is 0.594. The summed E-state index contributed by atoms with van der Waals surface area (Å²) in [6.07, 6.45) is 0.980. The third-order valence-corrected chi connectivity index (χ3v) is 4.62. The Kier molecular flexibility index (Phi) is 6.02. The van der Waals surface area contributed by atoms with E-state index in [1.165, 1.54) is 4.90 Å². The van der Waals surface area contributed by atoms with Crippen molar-refractivity contribution in [2.75, 3.05) is 29.2 Å². The fourth-order valence-electron chi connectivity index (χ4n) is 1.57. The SMILES string of the molecule is CCC(C)CS(=O)CC(=O)N(C)c1ccc(N)cc1. The highest BCUT2D eigenvalue weighted by molar-refractivity contribution is 7.85. The first-order valence-corrected chi connectivity index (χ1v) is 7.90. The van der Waals surface area contributed by atoms with Gasteiger partial charge in [0.2, 0.25) is 5.91 Å². The fraction of sp³-hybridized carbons (Fsp3) is 0.500. The van der Waals surface area contributed by atoms with E-state index >= 15 is 0 Å². The minimum absolute atomic E-state index is 0.0746. The molecule has 0 heterocycles. The Morgan fingerprint density at radius 1 is 1.37 bits per heavy atom. The number of anilines is 2. The highest BCUT2D eigenvalue weighted by Crippen LogP contribution is 2.15. The number of benzene rings is 1. The number of amides is 1. The Balaban J connectivity index is 2.58. The molecule has 0 bridgehead atoms. The lowest BCUT2D eigenvalue weighted by atomic mass is 10.2. The van der Waals surface area contributed by atoms with E-state index in [0.717, 1.165) is 12.1 Å². The van der Waals surface area contributed by atoms with Gasteiger partial charge in [-0.05, 0) is 30.2 Å². The molecular weight excluding hydrogens is 260 g/mol. The van der Waals surface area contributed by atoms with Crippen LogP contribution >= 0.6 is 0 Å². The molecule has 19 heavy (non-hydrogen) atoms. The van der Waals surface area contributed by atoms with Gasteiger partial charge in [-0.15, -0.1) is 0 Å². The molecule has 0 radical (unpaired) electrons. The number of carbonyl (C=O) groups is 1. The number of nitrogen functional groups attached to an aromatic ring is 1. The van der Waals surface area contributed by atoms with Crippen LogP contribution in [0.15, 0.2) is 24.3 Å². The summed E-state index contributed by atoms with van der Waals surface area (Å²) in [5, 5.41) is 0. The van der Waals surface area contributed by atoms with Crippen LogP contribution in [0.5, 0.6) is 0 Å². The lowest BCUT2D eigenvalue weighted by Gasteiger charge is -2.17. The summed E-state index contributed by atoms with van der Waals surface area (Å²) >= 11 is 0. The van der Waals surface area contributed by atoms with E-state index in [1.807, 2.05) is 6.92 Å². The number of hydrogen-bond donors (Lipinski definition) is 1. The third-order valence-electron chi connectivity index (χ3n) is 3.11. The summed E-state index contributed by atoms with van der Waals surface area (Å²) in [4.78, 5) is 13.5. The molecule has 4 nitrogen and oxygen atoms in total. The Bertz CT molecular complexity index is 445. The van der Waals surface area contributed by atoms with Crippen molar-refractivity contribution in [1.82, 2.24) is 0 Å². The topological polar surface area (TPSA) is 63.4 Å². The molecule has 2 atom stereocenters. The van der Waals surface area contributed by atoms with Crippen LogP contribution in [0, 0.1) is 5.92 Å². The number of carbonyl (C=O) groups excluding carboxylic acids is 1. The maximum absolute atomic E-state index is 12.0. The Morgan fingerprint density at radius 3 is 2.47 bits per heavy atom. The largest absolute Gasteiger partial charge is 0.399 e. The molecule has 0 aromatic heterocycles. The number of nitrogens with two attached hydrogens (primary N) is 1. The molecule has 1 rings (SSSR count). The van der Waals surface area contributed by atoms with Crippen molar-refractivity contribution in [3.63, 3.8) is 0 Å². The van der Waals surface area contributed by atoms with Crippen LogP contribution in [0.1, 0.15) is 20.3 Å². The minimum atomic E-state index is -1.09. The molecule has 106 valence electrons. The standard InChI is InChI=1S/C14H22N2O2S/c1-4-11(2)9-19(18)10-14(17)16(3)13-7-5-12(15)6-8-13/h5-8,11H,4,9-10,15H2,1-3H3. The van der Waals surface area contributed by atoms with Crippen molar-refractivity contribution < 1.29 is 9.00 Å². The summed E-state index contributed by atoms with van der Waals surface area (Å²) in [5.41, 5.74) is 7.02. The summed E-state index contributed by atoms with van der Waals surface area (Å²) < 4.78 is 11.9. The number of hydrogen-bond acceptors (Lipinski definition) is 3. The molecule has 0 aliphatic rings. The summed E-state index contributed by atoms with van der Waals surface area (Å²) in [6.45, 7) is 4.11. The Labute approximate surface area is 117 Å². The van der Waals surface area contributed by atoms with Gasteiger partial charge < -0.3 is 10.6 Å². The average molecular weight is 282 g/mol. The predicted molar refractivity (Wildman–Crippen MR) is 81.6 cm³/mol. The number of rotatable bonds is 6. The third kappa shape index (κ3) is 5.03. The lowest BCUT2D eigenvalue weighted by Crippen LogP contribution is -2.31. The molecule has 0 spiro atoms. The van der Waals surface area contributed by atoms with Crippen LogP contribution in [0.4, 0.5) is 11.4 Å². The maximum Gasteiger partial charge on any atom is 0.239 e. The van der Waals surface area contributed by atoms with Gasteiger partial charge in [0.15, 0.2) is 0 Å². The van der Waals surface area contributed by atoms with Crippen molar-refractivity contribution >= 4 is 28.1 Å². The molecule has 1 amide bonds. The van der Waals surface area contributed by atoms with E-state index in [0.29, 0.717) is 17.4 Å². The second-order valence-corrected chi connectivity index (χ2v) is 6.31. The highest BCUT2D eigenvalue weighted by Gasteiger charge is 2.15. The number of nitrogens with zero attached hydrogens (tertiary/aromatic N) is 1. The van der Waals surface area contributed by atoms with Crippen molar-refractivity contribution in [3.8, 4) is 0 Å². The van der Waals surface area contributed by atoms with Gasteiger partial charge in [-0.2, -0.15) is 0 Å². The molecule has 0 aliphatic heterocycles. The Hall–Kier alpha value is -1.36. The van der Waals surface area contributed by atoms with Gasteiger partial charge in [0.1, 0.15) is 5.75 Å². The summed E-state index contributed by atoms with van der Waals surface area (Å²) in [6, 6.07) is 7.06. The summed E-state index contributed by atoms with van der Waals surface area (Å²) in [5.74, 6) is 0.908. The first-order valence-electron chi connectivity index (χ1n) is 6.41. The van der Waals surface area contributed by atoms with Gasteiger partial charge in [-0.3, -0.25) is 9.00 Å². The van der Waals surface area contributed by atoms with Gasteiger partial charge in [0.25, 0.3) is 0 Å². The highest BCUT2D eigenvalue weighted by atomic mass is 32.2. The van der Waals surface area contributed by atoms with Gasteiger partial charge >= 0.3 is 0 Å². The van der Waals surface area contributed by atoms with Gasteiger partial charge in [-0.1, -0.05) is 20.3 Å². The second kappa shape index (κ2) is 7.28. The van der Waals surface area contributed by atoms with Crippen LogP contribution in [0.2, 0.25) is 0 Å². The van der Waals surface area contributed by atoms with Gasteiger partial charge in [0, 0.05) is 35.0 Å². The van der Waals surface area contributed by atoms with Crippen molar-refractivity contribution in [2.24, 2.45) is 5.92 Å². The van der Waals surface area contributed by atoms with Crippen LogP contribution in [0.25, 0.3) is 0 Å². The second-order valence-electron chi connectivity index (χ2n) is 4.81. The quantitative estimate of drug-likeness (QED) is 0.812. The van der Waals surface area contributed by atoms with Crippen LogP contribution in [-0.2, 0) is 15.6 Å². The molecule has 2 unspecified atom stereocenters. The molecule has 0 saturated carbocycles.